The van der Waals surface area contributed by atoms with Gasteiger partial charge in [0.1, 0.15) is 0 Å². The second kappa shape index (κ2) is 10.2. The van der Waals surface area contributed by atoms with E-state index < -0.39 is 59.0 Å². The molecule has 9 nitrogen and oxygen atoms in total. The Morgan fingerprint density at radius 1 is 1.00 bits per heavy atom. The van der Waals surface area contributed by atoms with Crippen LogP contribution in [0.2, 0.25) is 0 Å². The van der Waals surface area contributed by atoms with Crippen molar-refractivity contribution >= 4 is 29.7 Å². The summed E-state index contributed by atoms with van der Waals surface area (Å²) in [5, 5.41) is 4.01. The van der Waals surface area contributed by atoms with Gasteiger partial charge < -0.3 is 18.9 Å². The van der Waals surface area contributed by atoms with Gasteiger partial charge >= 0.3 is 17.9 Å². The lowest BCUT2D eigenvalue weighted by atomic mass is 10.1. The molecule has 1 aliphatic rings. The van der Waals surface area contributed by atoms with Crippen LogP contribution in [0, 0.1) is 11.6 Å². The molecule has 178 valence electrons. The number of aromatic nitrogens is 2. The van der Waals surface area contributed by atoms with Gasteiger partial charge in [0.2, 0.25) is 5.82 Å². The zero-order chi connectivity index (χ0) is 24.3. The second-order valence-electron chi connectivity index (χ2n) is 7.29. The summed E-state index contributed by atoms with van der Waals surface area (Å²) in [6.45, 7) is 3.45. The van der Waals surface area contributed by atoms with E-state index in [1.165, 1.54) is 23.9 Å². The Hall–Kier alpha value is -3.15. The van der Waals surface area contributed by atoms with Crippen molar-refractivity contribution in [1.29, 1.82) is 0 Å². The van der Waals surface area contributed by atoms with Crippen LogP contribution in [0.25, 0.3) is 11.1 Å². The quantitative estimate of drug-likeness (QED) is 0.452. The van der Waals surface area contributed by atoms with Gasteiger partial charge in [-0.3, -0.25) is 19.1 Å². The van der Waals surface area contributed by atoms with Crippen LogP contribution in [-0.4, -0.2) is 57.2 Å². The molecule has 0 radical (unpaired) electrons. The third kappa shape index (κ3) is 6.01. The fraction of sp³-hybridized carbons (Fsp3) is 0.429. The number of rotatable bonds is 6. The zero-order valence-corrected chi connectivity index (χ0v) is 19.1. The molecule has 0 saturated carbocycles. The zero-order valence-electron chi connectivity index (χ0n) is 18.2. The summed E-state index contributed by atoms with van der Waals surface area (Å²) in [6.07, 6.45) is -0.319. The maximum Gasteiger partial charge on any atom is 0.303 e. The van der Waals surface area contributed by atoms with Gasteiger partial charge in [-0.05, 0) is 17.7 Å². The number of ether oxygens (including phenoxy) is 4. The molecular weight excluding hydrogens is 462 g/mol. The van der Waals surface area contributed by atoms with Gasteiger partial charge in [-0.2, -0.15) is 9.49 Å². The average molecular weight is 484 g/mol. The molecule has 1 aliphatic heterocycles. The minimum atomic E-state index is -1.26. The average Bonchev–Trinajstić information content (AvgIpc) is 3.14. The molecular formula is C21H22F2N2O7S. The van der Waals surface area contributed by atoms with Crippen molar-refractivity contribution in [2.45, 2.75) is 44.5 Å². The molecule has 1 aromatic carbocycles. The summed E-state index contributed by atoms with van der Waals surface area (Å²) < 4.78 is 52.0. The van der Waals surface area contributed by atoms with Crippen LogP contribution >= 0.6 is 11.8 Å². The molecule has 33 heavy (non-hydrogen) atoms. The normalized spacial score (nSPS) is 22.4. The highest BCUT2D eigenvalue weighted by Crippen LogP contribution is 2.36. The Bertz CT molecular complexity index is 1060. The van der Waals surface area contributed by atoms with Gasteiger partial charge in [-0.1, -0.05) is 0 Å². The van der Waals surface area contributed by atoms with Gasteiger partial charge in [-0.15, -0.1) is 11.8 Å². The smallest absolute Gasteiger partial charge is 0.303 e. The predicted molar refractivity (Wildman–Crippen MR) is 112 cm³/mol. The molecule has 3 rings (SSSR count). The lowest BCUT2D eigenvalue weighted by molar-refractivity contribution is -0.186. The fourth-order valence-corrected chi connectivity index (χ4v) is 4.53. The van der Waals surface area contributed by atoms with Crippen LogP contribution in [0.4, 0.5) is 8.78 Å². The van der Waals surface area contributed by atoms with Crippen LogP contribution in [0.15, 0.2) is 24.5 Å². The third-order valence-corrected chi connectivity index (χ3v) is 5.79. The summed E-state index contributed by atoms with van der Waals surface area (Å²) >= 11 is 1.04. The fourth-order valence-electron chi connectivity index (χ4n) is 3.32. The molecule has 0 amide bonds. The molecule has 4 atom stereocenters. The minimum Gasteiger partial charge on any atom is -0.472 e. The summed E-state index contributed by atoms with van der Waals surface area (Å²) in [4.78, 5) is 34.9. The Morgan fingerprint density at radius 3 is 2.21 bits per heavy atom. The van der Waals surface area contributed by atoms with Crippen molar-refractivity contribution in [2.75, 3.05) is 5.75 Å². The van der Waals surface area contributed by atoms with E-state index in [1.807, 2.05) is 0 Å². The molecule has 12 heteroatoms. The molecule has 2 aromatic rings. The number of hydrogen-bond donors (Lipinski definition) is 0. The summed E-state index contributed by atoms with van der Waals surface area (Å²) in [5.74, 6) is -4.80. The number of benzene rings is 1. The standard InChI is InChI=1S/C21H22F2N2O7S/c1-10(26)29-17-9-33-21(20(31-12(3)28)19(17)30-11(2)27)32-16-6-13(5-15(22)18(16)23)14-7-24-25(4)8-14/h5-8,17,19-21H,9H2,1-4H3/t17-,19+,20-,21-/m1/s1. The Labute approximate surface area is 192 Å². The summed E-state index contributed by atoms with van der Waals surface area (Å²) in [7, 11) is 1.68. The van der Waals surface area contributed by atoms with E-state index >= 15 is 0 Å². The molecule has 0 N–H and O–H groups in total. The largest absolute Gasteiger partial charge is 0.472 e. The molecule has 0 aliphatic carbocycles. The molecule has 0 spiro atoms. The van der Waals surface area contributed by atoms with Crippen LogP contribution in [0.1, 0.15) is 20.8 Å². The van der Waals surface area contributed by atoms with Crippen LogP contribution in [0.5, 0.6) is 5.75 Å². The van der Waals surface area contributed by atoms with Crippen LogP contribution in [0.3, 0.4) is 0 Å². The first-order valence-electron chi connectivity index (χ1n) is 9.83. The number of esters is 3. The van der Waals surface area contributed by atoms with E-state index in [0.717, 1.165) is 31.7 Å². The number of aryl methyl sites for hydroxylation is 1. The van der Waals surface area contributed by atoms with E-state index in [1.54, 1.807) is 13.2 Å². The molecule has 0 bridgehead atoms. The van der Waals surface area contributed by atoms with E-state index in [0.29, 0.717) is 11.1 Å². The molecule has 1 saturated heterocycles. The highest BCUT2D eigenvalue weighted by atomic mass is 32.2. The number of halogens is 2. The molecule has 1 fully saturated rings. The number of thioether (sulfide) groups is 1. The van der Waals surface area contributed by atoms with Crippen molar-refractivity contribution in [3.8, 4) is 16.9 Å². The van der Waals surface area contributed by atoms with Gasteiger partial charge in [0, 0.05) is 45.3 Å². The van der Waals surface area contributed by atoms with Crippen molar-refractivity contribution < 1.29 is 42.1 Å². The van der Waals surface area contributed by atoms with Crippen molar-refractivity contribution in [3.05, 3.63) is 36.2 Å². The number of hydrogen-bond acceptors (Lipinski definition) is 9. The summed E-state index contributed by atoms with van der Waals surface area (Å²) in [6, 6.07) is 2.30. The molecule has 2 heterocycles. The highest BCUT2D eigenvalue weighted by molar-refractivity contribution is 7.99. The van der Waals surface area contributed by atoms with Gasteiger partial charge in [-0.25, -0.2) is 4.39 Å². The number of carbonyl (C=O) groups excluding carboxylic acids is 3. The number of carbonyl (C=O) groups is 3. The molecule has 0 unspecified atom stereocenters. The SMILES string of the molecule is CC(=O)O[C@@H]1[C@@H](OC(C)=O)[C@H](OC(C)=O)CS[C@H]1Oc1cc(-c2cnn(C)c2)cc(F)c1F. The lowest BCUT2D eigenvalue weighted by Gasteiger charge is -2.39. The highest BCUT2D eigenvalue weighted by Gasteiger charge is 2.48. The first-order chi connectivity index (χ1) is 15.5. The number of nitrogens with zero attached hydrogens (tertiary/aromatic N) is 2. The first-order valence-corrected chi connectivity index (χ1v) is 10.9. The minimum absolute atomic E-state index is 0.0896. The van der Waals surface area contributed by atoms with Crippen molar-refractivity contribution in [1.82, 2.24) is 9.78 Å². The van der Waals surface area contributed by atoms with Gasteiger partial charge in [0.15, 0.2) is 35.3 Å². The van der Waals surface area contributed by atoms with E-state index in [9.17, 15) is 23.2 Å². The van der Waals surface area contributed by atoms with Crippen LogP contribution < -0.4 is 4.74 Å². The first kappa shape index (κ1) is 24.5. The Balaban J connectivity index is 1.95. The van der Waals surface area contributed by atoms with Crippen LogP contribution in [-0.2, 0) is 35.6 Å². The maximum absolute atomic E-state index is 14.6. The van der Waals surface area contributed by atoms with Crippen molar-refractivity contribution in [3.63, 3.8) is 0 Å². The third-order valence-electron chi connectivity index (χ3n) is 4.58. The van der Waals surface area contributed by atoms with Gasteiger partial charge in [0.05, 0.1) is 6.20 Å². The lowest BCUT2D eigenvalue weighted by Crippen LogP contribution is -2.55. The van der Waals surface area contributed by atoms with E-state index in [2.05, 4.69) is 5.10 Å². The second-order valence-corrected chi connectivity index (χ2v) is 8.42. The maximum atomic E-state index is 14.6. The Morgan fingerprint density at radius 2 is 1.64 bits per heavy atom. The Kier molecular flexibility index (Phi) is 7.57. The monoisotopic (exact) mass is 484 g/mol. The molecule has 1 aromatic heterocycles. The predicted octanol–water partition coefficient (Wildman–Crippen LogP) is 2.61. The van der Waals surface area contributed by atoms with E-state index in [-0.39, 0.29) is 5.75 Å². The summed E-state index contributed by atoms with van der Waals surface area (Å²) in [5.41, 5.74) is -0.249. The van der Waals surface area contributed by atoms with Gasteiger partial charge in [0.25, 0.3) is 0 Å². The topological polar surface area (TPSA) is 106 Å². The van der Waals surface area contributed by atoms with E-state index in [4.69, 9.17) is 18.9 Å². The van der Waals surface area contributed by atoms with Crippen molar-refractivity contribution in [2.24, 2.45) is 7.05 Å².